The van der Waals surface area contributed by atoms with E-state index in [-0.39, 0.29) is 5.84 Å². The molecular formula is C4H9N3O2. The highest BCUT2D eigenvalue weighted by Crippen LogP contribution is 1.67. The number of carboxylic acids is 1. The quantitative estimate of drug-likeness (QED) is 0.183. The Hall–Kier alpha value is -1.26. The van der Waals surface area contributed by atoms with Crippen molar-refractivity contribution in [2.24, 2.45) is 10.9 Å². The first-order valence-electron chi connectivity index (χ1n) is 2.47. The lowest BCUT2D eigenvalue weighted by Gasteiger charge is -1.97. The Bertz CT molecular complexity index is 132. The van der Waals surface area contributed by atoms with Gasteiger partial charge in [0.1, 0.15) is 0 Å². The number of hydrogen-bond acceptors (Lipinski definition) is 3. The zero-order valence-electron chi connectivity index (χ0n) is 5.09. The molecule has 0 saturated heterocycles. The molecular weight excluding hydrogens is 122 g/mol. The Morgan fingerprint density at radius 1 is 1.89 bits per heavy atom. The standard InChI is InChI=1S/C4H9N3O2/c1-2-6-3(7-5)4(8)9/h2,5H2,1H3,(H,6,7)(H,8,9). The number of amidine groups is 1. The predicted molar refractivity (Wildman–Crippen MR) is 32.9 cm³/mol. The molecule has 5 nitrogen and oxygen atoms in total. The molecule has 0 aliphatic carbocycles. The second kappa shape index (κ2) is 3.71. The normalized spacial score (nSPS) is 11.0. The lowest BCUT2D eigenvalue weighted by atomic mass is 10.6. The van der Waals surface area contributed by atoms with Gasteiger partial charge in [-0.3, -0.25) is 0 Å². The number of aliphatic carboxylic acids is 1. The van der Waals surface area contributed by atoms with Gasteiger partial charge in [-0.05, 0) is 6.92 Å². The van der Waals surface area contributed by atoms with Gasteiger partial charge in [0, 0.05) is 6.54 Å². The van der Waals surface area contributed by atoms with Gasteiger partial charge in [-0.2, -0.15) is 5.10 Å². The molecule has 0 unspecified atom stereocenters. The smallest absolute Gasteiger partial charge is 0.373 e. The zero-order valence-corrected chi connectivity index (χ0v) is 5.09. The molecule has 0 bridgehead atoms. The van der Waals surface area contributed by atoms with Crippen LogP contribution in [0.5, 0.6) is 0 Å². The summed E-state index contributed by atoms with van der Waals surface area (Å²) in [5.41, 5.74) is 0. The molecule has 0 aliphatic rings. The van der Waals surface area contributed by atoms with Crippen molar-refractivity contribution in [2.45, 2.75) is 6.92 Å². The van der Waals surface area contributed by atoms with E-state index < -0.39 is 5.97 Å². The molecule has 0 aromatic rings. The average molecular weight is 131 g/mol. The molecule has 0 aromatic carbocycles. The number of carbonyl (C=O) groups is 1. The summed E-state index contributed by atoms with van der Waals surface area (Å²) in [5, 5.41) is 13.7. The zero-order chi connectivity index (χ0) is 7.28. The lowest BCUT2D eigenvalue weighted by Crippen LogP contribution is -2.31. The van der Waals surface area contributed by atoms with Gasteiger partial charge in [-0.25, -0.2) is 4.79 Å². The van der Waals surface area contributed by atoms with Gasteiger partial charge in [-0.15, -0.1) is 0 Å². The average Bonchev–Trinajstić information content (AvgIpc) is 1.82. The van der Waals surface area contributed by atoms with E-state index in [1.54, 1.807) is 6.92 Å². The Kier molecular flexibility index (Phi) is 3.19. The van der Waals surface area contributed by atoms with Gasteiger partial charge < -0.3 is 16.3 Å². The molecule has 9 heavy (non-hydrogen) atoms. The van der Waals surface area contributed by atoms with E-state index in [2.05, 4.69) is 10.4 Å². The molecule has 4 N–H and O–H groups in total. The van der Waals surface area contributed by atoms with Gasteiger partial charge in [0.2, 0.25) is 5.84 Å². The van der Waals surface area contributed by atoms with E-state index >= 15 is 0 Å². The molecule has 0 aliphatic heterocycles. The van der Waals surface area contributed by atoms with Gasteiger partial charge in [0.05, 0.1) is 0 Å². The molecule has 0 fully saturated rings. The highest BCUT2D eigenvalue weighted by atomic mass is 16.4. The lowest BCUT2D eigenvalue weighted by molar-refractivity contribution is -0.129. The Morgan fingerprint density at radius 2 is 2.44 bits per heavy atom. The number of likely N-dealkylation sites (N-methyl/N-ethyl adjacent to an activating group) is 1. The highest BCUT2D eigenvalue weighted by molar-refractivity contribution is 6.34. The van der Waals surface area contributed by atoms with E-state index in [0.717, 1.165) is 0 Å². The molecule has 5 heteroatoms. The number of carboxylic acid groups (broad SMARTS) is 1. The second-order valence-electron chi connectivity index (χ2n) is 1.31. The summed E-state index contributed by atoms with van der Waals surface area (Å²) < 4.78 is 0. The summed E-state index contributed by atoms with van der Waals surface area (Å²) in [6.07, 6.45) is 0. The Morgan fingerprint density at radius 3 is 2.56 bits per heavy atom. The van der Waals surface area contributed by atoms with E-state index in [9.17, 15) is 4.79 Å². The van der Waals surface area contributed by atoms with Crippen LogP contribution in [0.3, 0.4) is 0 Å². The molecule has 0 heterocycles. The minimum Gasteiger partial charge on any atom is -0.475 e. The fraction of sp³-hybridized carbons (Fsp3) is 0.500. The van der Waals surface area contributed by atoms with E-state index in [4.69, 9.17) is 10.9 Å². The third kappa shape index (κ3) is 2.53. The third-order valence-electron chi connectivity index (χ3n) is 0.676. The molecule has 0 amide bonds. The largest absolute Gasteiger partial charge is 0.475 e. The predicted octanol–water partition coefficient (Wildman–Crippen LogP) is -1.05. The third-order valence-corrected chi connectivity index (χ3v) is 0.676. The summed E-state index contributed by atoms with van der Waals surface area (Å²) in [4.78, 5) is 10.0. The molecule has 0 atom stereocenters. The van der Waals surface area contributed by atoms with E-state index in [1.165, 1.54) is 0 Å². The first kappa shape index (κ1) is 7.74. The van der Waals surface area contributed by atoms with Gasteiger partial charge in [0.15, 0.2) is 0 Å². The number of hydrogen-bond donors (Lipinski definition) is 3. The molecule has 0 rings (SSSR count). The Labute approximate surface area is 52.5 Å². The molecule has 52 valence electrons. The topological polar surface area (TPSA) is 87.7 Å². The van der Waals surface area contributed by atoms with Gasteiger partial charge >= 0.3 is 5.97 Å². The molecule has 0 radical (unpaired) electrons. The summed E-state index contributed by atoms with van der Waals surface area (Å²) in [7, 11) is 0. The van der Waals surface area contributed by atoms with Crippen LogP contribution in [0.2, 0.25) is 0 Å². The van der Waals surface area contributed by atoms with Gasteiger partial charge in [-0.1, -0.05) is 0 Å². The van der Waals surface area contributed by atoms with Crippen molar-refractivity contribution in [3.05, 3.63) is 0 Å². The minimum absolute atomic E-state index is 0.211. The van der Waals surface area contributed by atoms with Crippen LogP contribution in [0.25, 0.3) is 0 Å². The van der Waals surface area contributed by atoms with Crippen molar-refractivity contribution in [1.82, 2.24) is 5.32 Å². The number of rotatable bonds is 1. The van der Waals surface area contributed by atoms with Gasteiger partial charge in [0.25, 0.3) is 0 Å². The van der Waals surface area contributed by atoms with Crippen molar-refractivity contribution in [2.75, 3.05) is 6.54 Å². The van der Waals surface area contributed by atoms with Crippen LogP contribution in [-0.4, -0.2) is 23.5 Å². The van der Waals surface area contributed by atoms with Crippen LogP contribution in [0.15, 0.2) is 5.10 Å². The number of nitrogens with one attached hydrogen (secondary N) is 1. The van der Waals surface area contributed by atoms with E-state index in [0.29, 0.717) is 6.54 Å². The maximum atomic E-state index is 10.0. The summed E-state index contributed by atoms with van der Waals surface area (Å²) in [5.74, 6) is 3.35. The van der Waals surface area contributed by atoms with Crippen LogP contribution in [0.1, 0.15) is 6.92 Å². The number of nitrogens with zero attached hydrogens (tertiary/aromatic N) is 1. The maximum absolute atomic E-state index is 10.0. The van der Waals surface area contributed by atoms with Crippen molar-refractivity contribution in [1.29, 1.82) is 0 Å². The van der Waals surface area contributed by atoms with Crippen LogP contribution < -0.4 is 11.2 Å². The van der Waals surface area contributed by atoms with Crippen molar-refractivity contribution >= 4 is 11.8 Å². The van der Waals surface area contributed by atoms with Crippen LogP contribution in [0, 0.1) is 0 Å². The fourth-order valence-electron chi connectivity index (χ4n) is 0.344. The molecule has 0 saturated carbocycles. The van der Waals surface area contributed by atoms with Crippen molar-refractivity contribution in [3.8, 4) is 0 Å². The summed E-state index contributed by atoms with van der Waals surface area (Å²) in [6.45, 7) is 2.26. The van der Waals surface area contributed by atoms with Crippen LogP contribution in [0.4, 0.5) is 0 Å². The van der Waals surface area contributed by atoms with Crippen LogP contribution >= 0.6 is 0 Å². The van der Waals surface area contributed by atoms with Crippen molar-refractivity contribution in [3.63, 3.8) is 0 Å². The summed E-state index contributed by atoms with van der Waals surface area (Å²) >= 11 is 0. The first-order valence-corrected chi connectivity index (χ1v) is 2.47. The van der Waals surface area contributed by atoms with E-state index in [1.807, 2.05) is 0 Å². The number of hydrazone groups is 1. The SMILES string of the molecule is CCN/C(=N\N)C(=O)O. The fourth-order valence-corrected chi connectivity index (χ4v) is 0.344. The van der Waals surface area contributed by atoms with Crippen LogP contribution in [-0.2, 0) is 4.79 Å². The first-order chi connectivity index (χ1) is 4.22. The number of nitrogens with two attached hydrogens (primary N) is 1. The molecule has 0 aromatic heterocycles. The minimum atomic E-state index is -1.14. The Balaban J connectivity index is 3.85. The maximum Gasteiger partial charge on any atom is 0.373 e. The van der Waals surface area contributed by atoms with Crippen molar-refractivity contribution < 1.29 is 9.90 Å². The highest BCUT2D eigenvalue weighted by Gasteiger charge is 2.04. The summed E-state index contributed by atoms with van der Waals surface area (Å²) in [6, 6.07) is 0. The molecule has 0 spiro atoms. The second-order valence-corrected chi connectivity index (χ2v) is 1.31. The monoisotopic (exact) mass is 131 g/mol.